The van der Waals surface area contributed by atoms with E-state index in [4.69, 9.17) is 10.6 Å². The lowest BCUT2D eigenvalue weighted by molar-refractivity contribution is -0.00867. The molecule has 6 nitrogen and oxygen atoms in total. The van der Waals surface area contributed by atoms with Crippen LogP contribution in [0.5, 0.6) is 0 Å². The van der Waals surface area contributed by atoms with Crippen molar-refractivity contribution in [1.29, 1.82) is 0 Å². The van der Waals surface area contributed by atoms with E-state index >= 15 is 0 Å². The van der Waals surface area contributed by atoms with Gasteiger partial charge >= 0.3 is 0 Å². The van der Waals surface area contributed by atoms with Crippen LogP contribution in [0.1, 0.15) is 30.3 Å². The van der Waals surface area contributed by atoms with Crippen LogP contribution in [0.25, 0.3) is 0 Å². The lowest BCUT2D eigenvalue weighted by atomic mass is 9.89. The van der Waals surface area contributed by atoms with Gasteiger partial charge < -0.3 is 15.5 Å². The summed E-state index contributed by atoms with van der Waals surface area (Å²) >= 11 is 0. The van der Waals surface area contributed by atoms with Crippen LogP contribution in [0.2, 0.25) is 0 Å². The summed E-state index contributed by atoms with van der Waals surface area (Å²) in [5.74, 6) is 5.11. The fraction of sp³-hybridized carbons (Fsp3) is 0.500. The number of nitrogens with two attached hydrogens (primary N) is 1. The Labute approximate surface area is 106 Å². The summed E-state index contributed by atoms with van der Waals surface area (Å²) in [7, 11) is 0. The number of amides is 1. The van der Waals surface area contributed by atoms with Crippen LogP contribution < -0.4 is 16.6 Å². The highest BCUT2D eigenvalue weighted by Gasteiger charge is 2.31. The molecule has 0 aliphatic heterocycles. The molecule has 4 N–H and O–H groups in total. The van der Waals surface area contributed by atoms with E-state index in [2.05, 4.69) is 15.7 Å². The number of hydrazine groups is 1. The van der Waals surface area contributed by atoms with E-state index in [0.29, 0.717) is 11.4 Å². The number of carbonyl (C=O) groups excluding carboxylic acids is 1. The van der Waals surface area contributed by atoms with Crippen LogP contribution in [0.15, 0.2) is 18.3 Å². The maximum absolute atomic E-state index is 11.9. The largest absolute Gasteiger partial charge is 0.378 e. The molecule has 0 spiro atoms. The van der Waals surface area contributed by atoms with Crippen molar-refractivity contribution >= 4 is 11.6 Å². The summed E-state index contributed by atoms with van der Waals surface area (Å²) in [6.07, 6.45) is 3.57. The van der Waals surface area contributed by atoms with Gasteiger partial charge in [-0.15, -0.1) is 0 Å². The summed E-state index contributed by atoms with van der Waals surface area (Å²) in [5, 5.41) is 2.92. The number of nitrogens with one attached hydrogen (secondary N) is 2. The minimum absolute atomic E-state index is 0.174. The van der Waals surface area contributed by atoms with E-state index in [1.165, 1.54) is 0 Å². The fourth-order valence-electron chi connectivity index (χ4n) is 1.96. The maximum Gasteiger partial charge on any atom is 0.270 e. The number of rotatable bonds is 5. The Morgan fingerprint density at radius 1 is 1.61 bits per heavy atom. The molecule has 1 fully saturated rings. The van der Waals surface area contributed by atoms with E-state index in [1.807, 2.05) is 6.92 Å². The molecule has 1 saturated carbocycles. The van der Waals surface area contributed by atoms with Crippen molar-refractivity contribution in [1.82, 2.24) is 10.3 Å². The topological polar surface area (TPSA) is 89.3 Å². The molecular formula is C12H18N4O2. The maximum atomic E-state index is 11.9. The van der Waals surface area contributed by atoms with Gasteiger partial charge in [0.05, 0.1) is 11.8 Å². The van der Waals surface area contributed by atoms with Gasteiger partial charge in [0, 0.05) is 18.8 Å². The Bertz CT molecular complexity index is 418. The average molecular weight is 250 g/mol. The molecule has 1 aromatic heterocycles. The van der Waals surface area contributed by atoms with E-state index in [1.54, 1.807) is 18.3 Å². The first-order valence-electron chi connectivity index (χ1n) is 6.08. The Morgan fingerprint density at radius 2 is 2.39 bits per heavy atom. The summed E-state index contributed by atoms with van der Waals surface area (Å²) in [6.45, 7) is 2.69. The summed E-state index contributed by atoms with van der Waals surface area (Å²) in [4.78, 5) is 15.9. The van der Waals surface area contributed by atoms with Crippen LogP contribution in [-0.2, 0) is 4.74 Å². The number of aromatic nitrogens is 1. The molecule has 1 aliphatic carbocycles. The molecule has 0 atom stereocenters. The zero-order chi connectivity index (χ0) is 13.0. The SMILES string of the molecule is CCOC1CC(NC(=O)c2cc(NN)ccn2)C1. The van der Waals surface area contributed by atoms with E-state index in [0.717, 1.165) is 19.4 Å². The zero-order valence-corrected chi connectivity index (χ0v) is 10.3. The van der Waals surface area contributed by atoms with Crippen LogP contribution in [0.4, 0.5) is 5.69 Å². The number of pyridine rings is 1. The van der Waals surface area contributed by atoms with Crippen molar-refractivity contribution in [2.24, 2.45) is 5.84 Å². The van der Waals surface area contributed by atoms with Gasteiger partial charge in [0.15, 0.2) is 0 Å². The number of nitrogens with zero attached hydrogens (tertiary/aromatic N) is 1. The van der Waals surface area contributed by atoms with Crippen molar-refractivity contribution in [3.8, 4) is 0 Å². The molecular weight excluding hydrogens is 232 g/mol. The Balaban J connectivity index is 1.85. The molecule has 0 saturated heterocycles. The third-order valence-electron chi connectivity index (χ3n) is 2.99. The first kappa shape index (κ1) is 12.8. The number of carbonyl (C=O) groups is 1. The summed E-state index contributed by atoms with van der Waals surface area (Å²) < 4.78 is 5.44. The average Bonchev–Trinajstić information content (AvgIpc) is 2.36. The summed E-state index contributed by atoms with van der Waals surface area (Å²) in [6, 6.07) is 3.50. The highest BCUT2D eigenvalue weighted by molar-refractivity contribution is 5.93. The molecule has 0 radical (unpaired) electrons. The van der Waals surface area contributed by atoms with Gasteiger partial charge in [0.25, 0.3) is 5.91 Å². The molecule has 6 heteroatoms. The molecule has 1 aliphatic rings. The van der Waals surface area contributed by atoms with Crippen molar-refractivity contribution in [2.75, 3.05) is 12.0 Å². The molecule has 0 bridgehead atoms. The highest BCUT2D eigenvalue weighted by atomic mass is 16.5. The number of hydrogen-bond acceptors (Lipinski definition) is 5. The van der Waals surface area contributed by atoms with Crippen molar-refractivity contribution in [2.45, 2.75) is 31.9 Å². The smallest absolute Gasteiger partial charge is 0.270 e. The van der Waals surface area contributed by atoms with Crippen LogP contribution in [0, 0.1) is 0 Å². The Morgan fingerprint density at radius 3 is 3.06 bits per heavy atom. The van der Waals surface area contributed by atoms with Gasteiger partial charge in [0.2, 0.25) is 0 Å². The molecule has 2 rings (SSSR count). The number of nitrogen functional groups attached to an aromatic ring is 1. The second-order valence-corrected chi connectivity index (χ2v) is 4.29. The van der Waals surface area contributed by atoms with Crippen molar-refractivity contribution < 1.29 is 9.53 Å². The first-order valence-corrected chi connectivity index (χ1v) is 6.08. The Hall–Kier alpha value is -1.66. The van der Waals surface area contributed by atoms with Gasteiger partial charge in [-0.05, 0) is 31.9 Å². The quantitative estimate of drug-likeness (QED) is 0.528. The second kappa shape index (κ2) is 5.79. The molecule has 0 aromatic carbocycles. The van der Waals surface area contributed by atoms with Gasteiger partial charge in [-0.2, -0.15) is 0 Å². The van der Waals surface area contributed by atoms with Crippen molar-refractivity contribution in [3.05, 3.63) is 24.0 Å². The molecule has 1 heterocycles. The lowest BCUT2D eigenvalue weighted by Crippen LogP contribution is -2.48. The van der Waals surface area contributed by atoms with Gasteiger partial charge in [0.1, 0.15) is 5.69 Å². The minimum Gasteiger partial charge on any atom is -0.378 e. The first-order chi connectivity index (χ1) is 8.72. The van der Waals surface area contributed by atoms with Crippen molar-refractivity contribution in [3.63, 3.8) is 0 Å². The fourth-order valence-corrected chi connectivity index (χ4v) is 1.96. The van der Waals surface area contributed by atoms with Gasteiger partial charge in [-0.25, -0.2) is 0 Å². The summed E-state index contributed by atoms with van der Waals surface area (Å²) in [5.41, 5.74) is 3.52. The van der Waals surface area contributed by atoms with Gasteiger partial charge in [-0.1, -0.05) is 0 Å². The minimum atomic E-state index is -0.174. The molecule has 1 amide bonds. The standard InChI is InChI=1S/C12H18N4O2/c1-2-18-10-5-9(6-10)15-12(17)11-7-8(16-13)3-4-14-11/h3-4,7,9-10H,2,5-6,13H2,1H3,(H,14,16)(H,15,17). The van der Waals surface area contributed by atoms with E-state index in [-0.39, 0.29) is 18.1 Å². The number of hydrogen-bond donors (Lipinski definition) is 3. The van der Waals surface area contributed by atoms with Crippen LogP contribution in [0.3, 0.4) is 0 Å². The molecule has 18 heavy (non-hydrogen) atoms. The predicted molar refractivity (Wildman–Crippen MR) is 67.9 cm³/mol. The Kier molecular flexibility index (Phi) is 4.11. The van der Waals surface area contributed by atoms with Gasteiger partial charge in [-0.3, -0.25) is 15.6 Å². The number of ether oxygens (including phenoxy) is 1. The van der Waals surface area contributed by atoms with Crippen LogP contribution >= 0.6 is 0 Å². The monoisotopic (exact) mass is 250 g/mol. The number of anilines is 1. The second-order valence-electron chi connectivity index (χ2n) is 4.29. The zero-order valence-electron chi connectivity index (χ0n) is 10.3. The lowest BCUT2D eigenvalue weighted by Gasteiger charge is -2.35. The van der Waals surface area contributed by atoms with E-state index < -0.39 is 0 Å². The normalized spacial score (nSPS) is 22.1. The molecule has 1 aromatic rings. The predicted octanol–water partition coefficient (Wildman–Crippen LogP) is 0.664. The third kappa shape index (κ3) is 2.96. The highest BCUT2D eigenvalue weighted by Crippen LogP contribution is 2.23. The third-order valence-corrected chi connectivity index (χ3v) is 2.99. The molecule has 0 unspecified atom stereocenters. The molecule has 98 valence electrons. The van der Waals surface area contributed by atoms with Crippen LogP contribution in [-0.4, -0.2) is 29.6 Å². The van der Waals surface area contributed by atoms with E-state index in [9.17, 15) is 4.79 Å².